The Morgan fingerprint density at radius 1 is 1.23 bits per heavy atom. The van der Waals surface area contributed by atoms with Crippen LogP contribution in [0.5, 0.6) is 0 Å². The molecule has 0 saturated heterocycles. The summed E-state index contributed by atoms with van der Waals surface area (Å²) in [6.07, 6.45) is 8.62. The fourth-order valence-corrected chi connectivity index (χ4v) is 3.52. The van der Waals surface area contributed by atoms with Crippen molar-refractivity contribution >= 4 is 11.7 Å². The third-order valence-corrected chi connectivity index (χ3v) is 5.22. The fraction of sp³-hybridized carbons (Fsp3) is 0.500. The molecule has 136 valence electrons. The number of carbonyl (C=O) groups excluding carboxylic acids is 1. The second-order valence-corrected chi connectivity index (χ2v) is 7.47. The van der Waals surface area contributed by atoms with Crippen LogP contribution in [0.25, 0.3) is 11.4 Å². The van der Waals surface area contributed by atoms with Crippen LogP contribution in [0.2, 0.25) is 0 Å². The predicted octanol–water partition coefficient (Wildman–Crippen LogP) is 2.68. The summed E-state index contributed by atoms with van der Waals surface area (Å²) in [6.45, 7) is 1.34. The lowest BCUT2D eigenvalue weighted by Gasteiger charge is -2.30. The van der Waals surface area contributed by atoms with Gasteiger partial charge in [0.05, 0.1) is 12.2 Å². The molecule has 0 radical (unpaired) electrons. The smallest absolute Gasteiger partial charge is 0.222 e. The summed E-state index contributed by atoms with van der Waals surface area (Å²) in [7, 11) is 4.01. The average Bonchev–Trinajstić information content (AvgIpc) is 3.49. The molecule has 0 aromatic carbocycles. The zero-order valence-corrected chi connectivity index (χ0v) is 15.5. The molecule has 2 aromatic rings. The van der Waals surface area contributed by atoms with E-state index in [1.165, 1.54) is 18.4 Å². The van der Waals surface area contributed by atoms with Crippen molar-refractivity contribution in [1.29, 1.82) is 0 Å². The summed E-state index contributed by atoms with van der Waals surface area (Å²) in [6, 6.07) is 3.84. The normalized spacial score (nSPS) is 16.3. The molecule has 0 N–H and O–H groups in total. The zero-order valence-electron chi connectivity index (χ0n) is 15.5. The second-order valence-electron chi connectivity index (χ2n) is 7.47. The number of aromatic nitrogens is 3. The maximum Gasteiger partial charge on any atom is 0.222 e. The molecule has 1 saturated carbocycles. The van der Waals surface area contributed by atoms with Gasteiger partial charge < -0.3 is 9.80 Å². The van der Waals surface area contributed by atoms with Gasteiger partial charge in [-0.05, 0) is 30.9 Å². The van der Waals surface area contributed by atoms with Gasteiger partial charge in [-0.2, -0.15) is 0 Å². The van der Waals surface area contributed by atoms with Crippen LogP contribution in [-0.4, -0.2) is 46.4 Å². The highest BCUT2D eigenvalue weighted by Crippen LogP contribution is 2.34. The minimum absolute atomic E-state index is 0.262. The number of nitrogens with zero attached hydrogens (tertiary/aromatic N) is 5. The van der Waals surface area contributed by atoms with Crippen molar-refractivity contribution in [3.8, 4) is 11.4 Å². The van der Waals surface area contributed by atoms with Crippen molar-refractivity contribution in [2.24, 2.45) is 5.92 Å². The van der Waals surface area contributed by atoms with E-state index in [0.29, 0.717) is 18.8 Å². The van der Waals surface area contributed by atoms with Gasteiger partial charge in [0, 0.05) is 50.6 Å². The standard InChI is InChI=1S/C20H25N5O/c1-24(2)20-16-9-12-25(18(26)6-5-14-3-4-14)13-17(16)22-19(23-20)15-7-10-21-11-8-15/h7-8,10-11,14H,3-6,9,12-13H2,1-2H3. The van der Waals surface area contributed by atoms with Crippen LogP contribution in [0, 0.1) is 5.92 Å². The van der Waals surface area contributed by atoms with Crippen LogP contribution in [-0.2, 0) is 17.8 Å². The van der Waals surface area contributed by atoms with Crippen molar-refractivity contribution in [2.75, 3.05) is 25.5 Å². The molecule has 1 fully saturated rings. The van der Waals surface area contributed by atoms with Crippen LogP contribution in [0.15, 0.2) is 24.5 Å². The van der Waals surface area contributed by atoms with Gasteiger partial charge in [0.1, 0.15) is 5.82 Å². The highest BCUT2D eigenvalue weighted by molar-refractivity contribution is 5.76. The molecule has 0 spiro atoms. The number of hydrogen-bond donors (Lipinski definition) is 0. The lowest BCUT2D eigenvalue weighted by molar-refractivity contribution is -0.132. The molecule has 0 unspecified atom stereocenters. The molecule has 2 aliphatic rings. The van der Waals surface area contributed by atoms with E-state index in [9.17, 15) is 4.79 Å². The van der Waals surface area contributed by atoms with Crippen molar-refractivity contribution in [1.82, 2.24) is 19.9 Å². The molecule has 6 heteroatoms. The van der Waals surface area contributed by atoms with Crippen molar-refractivity contribution in [3.05, 3.63) is 35.8 Å². The Hall–Kier alpha value is -2.50. The van der Waals surface area contributed by atoms with Crippen molar-refractivity contribution in [2.45, 2.75) is 38.6 Å². The Labute approximate surface area is 154 Å². The molecule has 4 rings (SSSR count). The first-order chi connectivity index (χ1) is 12.6. The van der Waals surface area contributed by atoms with Crippen molar-refractivity contribution < 1.29 is 4.79 Å². The van der Waals surface area contributed by atoms with Gasteiger partial charge >= 0.3 is 0 Å². The first-order valence-electron chi connectivity index (χ1n) is 9.37. The van der Waals surface area contributed by atoms with Gasteiger partial charge in [0.15, 0.2) is 5.82 Å². The van der Waals surface area contributed by atoms with Gasteiger partial charge in [0.2, 0.25) is 5.91 Å². The lowest BCUT2D eigenvalue weighted by Crippen LogP contribution is -2.37. The topological polar surface area (TPSA) is 62.2 Å². The maximum atomic E-state index is 12.6. The molecule has 3 heterocycles. The molecule has 26 heavy (non-hydrogen) atoms. The SMILES string of the molecule is CN(C)c1nc(-c2ccncc2)nc2c1CCN(C(=O)CCC1CC1)C2. The summed E-state index contributed by atoms with van der Waals surface area (Å²) < 4.78 is 0. The van der Waals surface area contributed by atoms with Gasteiger partial charge in [-0.25, -0.2) is 9.97 Å². The minimum atomic E-state index is 0.262. The zero-order chi connectivity index (χ0) is 18.1. The Morgan fingerprint density at radius 2 is 2.00 bits per heavy atom. The summed E-state index contributed by atoms with van der Waals surface area (Å²) in [4.78, 5) is 30.2. The van der Waals surface area contributed by atoms with E-state index < -0.39 is 0 Å². The van der Waals surface area contributed by atoms with E-state index in [4.69, 9.17) is 9.97 Å². The van der Waals surface area contributed by atoms with Crippen LogP contribution in [0.3, 0.4) is 0 Å². The predicted molar refractivity (Wildman–Crippen MR) is 101 cm³/mol. The second kappa shape index (κ2) is 7.02. The monoisotopic (exact) mass is 351 g/mol. The molecule has 6 nitrogen and oxygen atoms in total. The molecule has 2 aromatic heterocycles. The fourth-order valence-electron chi connectivity index (χ4n) is 3.52. The van der Waals surface area contributed by atoms with Gasteiger partial charge in [-0.3, -0.25) is 9.78 Å². The maximum absolute atomic E-state index is 12.6. The van der Waals surface area contributed by atoms with E-state index >= 15 is 0 Å². The third kappa shape index (κ3) is 3.54. The molecule has 1 aliphatic carbocycles. The van der Waals surface area contributed by atoms with E-state index in [2.05, 4.69) is 4.98 Å². The number of amides is 1. The molecule has 0 bridgehead atoms. The van der Waals surface area contributed by atoms with Gasteiger partial charge in [0.25, 0.3) is 0 Å². The van der Waals surface area contributed by atoms with Crippen LogP contribution in [0.1, 0.15) is 36.9 Å². The Kier molecular flexibility index (Phi) is 4.57. The largest absolute Gasteiger partial charge is 0.362 e. The summed E-state index contributed by atoms with van der Waals surface area (Å²) >= 11 is 0. The Morgan fingerprint density at radius 3 is 2.69 bits per heavy atom. The summed E-state index contributed by atoms with van der Waals surface area (Å²) in [5.74, 6) is 2.70. The highest BCUT2D eigenvalue weighted by Gasteiger charge is 2.28. The van der Waals surface area contributed by atoms with Crippen LogP contribution < -0.4 is 4.90 Å². The summed E-state index contributed by atoms with van der Waals surface area (Å²) in [5.41, 5.74) is 3.09. The quantitative estimate of drug-likeness (QED) is 0.829. The Bertz CT molecular complexity index is 801. The first-order valence-corrected chi connectivity index (χ1v) is 9.37. The van der Waals surface area contributed by atoms with Crippen LogP contribution >= 0.6 is 0 Å². The molecule has 1 aliphatic heterocycles. The molecule has 0 atom stereocenters. The average molecular weight is 351 g/mol. The number of rotatable bonds is 5. The minimum Gasteiger partial charge on any atom is -0.362 e. The number of fused-ring (bicyclic) bond motifs is 1. The Balaban J connectivity index is 1.61. The number of pyridine rings is 1. The third-order valence-electron chi connectivity index (χ3n) is 5.22. The van der Waals surface area contributed by atoms with E-state index in [0.717, 1.165) is 42.4 Å². The first kappa shape index (κ1) is 16.9. The van der Waals surface area contributed by atoms with Gasteiger partial charge in [-0.1, -0.05) is 12.8 Å². The van der Waals surface area contributed by atoms with E-state index in [-0.39, 0.29) is 5.91 Å². The lowest BCUT2D eigenvalue weighted by atomic mass is 10.0. The van der Waals surface area contributed by atoms with Crippen molar-refractivity contribution in [3.63, 3.8) is 0 Å². The summed E-state index contributed by atoms with van der Waals surface area (Å²) in [5, 5.41) is 0. The molecular formula is C20H25N5O. The number of carbonyl (C=O) groups is 1. The highest BCUT2D eigenvalue weighted by atomic mass is 16.2. The van der Waals surface area contributed by atoms with E-state index in [1.807, 2.05) is 36.0 Å². The molecular weight excluding hydrogens is 326 g/mol. The van der Waals surface area contributed by atoms with Gasteiger partial charge in [-0.15, -0.1) is 0 Å². The molecule has 1 amide bonds. The van der Waals surface area contributed by atoms with Crippen LogP contribution in [0.4, 0.5) is 5.82 Å². The number of hydrogen-bond acceptors (Lipinski definition) is 5. The van der Waals surface area contributed by atoms with E-state index in [1.54, 1.807) is 12.4 Å². The number of anilines is 1.